The average Bonchev–Trinajstić information content (AvgIpc) is 1.57. The lowest BCUT2D eigenvalue weighted by Crippen LogP contribution is -2.21. The lowest BCUT2D eigenvalue weighted by Gasteiger charge is -2.26. The van der Waals surface area contributed by atoms with Crippen LogP contribution in [0.5, 0.6) is 0 Å². The summed E-state index contributed by atoms with van der Waals surface area (Å²) in [6, 6.07) is 76.0. The number of H-pyrrole nitrogens is 4. The van der Waals surface area contributed by atoms with Crippen LogP contribution in [0.3, 0.4) is 0 Å². The summed E-state index contributed by atoms with van der Waals surface area (Å²) in [4.78, 5) is 38.9. The molecule has 4 aliphatic rings. The van der Waals surface area contributed by atoms with Crippen LogP contribution in [-0.4, -0.2) is 45.0 Å². The molecule has 6 aromatic heterocycles. The van der Waals surface area contributed by atoms with Gasteiger partial charge < -0.3 is 25.0 Å². The van der Waals surface area contributed by atoms with E-state index in [-0.39, 0.29) is 43.3 Å². The van der Waals surface area contributed by atoms with E-state index in [2.05, 4.69) is 452 Å². The van der Waals surface area contributed by atoms with Crippen LogP contribution in [0.2, 0.25) is 0 Å². The molecule has 0 amide bonds. The molecule has 17 rings (SSSR count). The molecule has 130 heavy (non-hydrogen) atoms. The van der Waals surface area contributed by atoms with Gasteiger partial charge in [0.15, 0.2) is 0 Å². The molecule has 0 fully saturated rings. The van der Waals surface area contributed by atoms with E-state index >= 15 is 0 Å². The number of nitrogens with one attached hydrogen (secondary N) is 4. The van der Waals surface area contributed by atoms with E-state index in [4.69, 9.17) is 19.9 Å². The van der Waals surface area contributed by atoms with Gasteiger partial charge in [-0.15, -0.1) is 0 Å². The van der Waals surface area contributed by atoms with Crippen LogP contribution in [0, 0.1) is 35.5 Å². The number of hydrogen-bond acceptors (Lipinski definition) is 5. The summed E-state index contributed by atoms with van der Waals surface area (Å²) in [5, 5.41) is 13.8. The van der Waals surface area contributed by atoms with Gasteiger partial charge in [0, 0.05) is 72.0 Å². The Labute approximate surface area is 769 Å². The normalized spacial score (nSPS) is 13.5. The van der Waals surface area contributed by atoms with Crippen LogP contribution in [0.15, 0.2) is 212 Å². The summed E-state index contributed by atoms with van der Waals surface area (Å²) >= 11 is 0. The van der Waals surface area contributed by atoms with Crippen molar-refractivity contribution in [3.63, 3.8) is 0 Å². The van der Waals surface area contributed by atoms with Crippen LogP contribution < -0.4 is 0 Å². The zero-order valence-electron chi connectivity index (χ0n) is 80.1. The van der Waals surface area contributed by atoms with Gasteiger partial charge >= 0.3 is 0 Å². The van der Waals surface area contributed by atoms with E-state index in [1.54, 1.807) is 0 Å². The van der Waals surface area contributed by atoms with E-state index < -0.39 is 5.60 Å². The number of aliphatic hydroxyl groups is 1. The largest absolute Gasteiger partial charge is 0.363 e. The maximum atomic E-state index is 13.8. The number of benzene rings is 7. The van der Waals surface area contributed by atoms with E-state index in [9.17, 15) is 5.11 Å². The molecule has 7 aromatic carbocycles. The fourth-order valence-electron chi connectivity index (χ4n) is 17.5. The quantitative estimate of drug-likeness (QED) is 0.101. The van der Waals surface area contributed by atoms with Gasteiger partial charge in [-0.2, -0.15) is 0 Å². The van der Waals surface area contributed by atoms with Crippen molar-refractivity contribution in [1.82, 2.24) is 39.9 Å². The third-order valence-electron chi connectivity index (χ3n) is 25.5. The van der Waals surface area contributed by atoms with Crippen molar-refractivity contribution >= 4 is 92.7 Å². The first kappa shape index (κ1) is 88.4. The molecule has 4 aliphatic heterocycles. The van der Waals surface area contributed by atoms with Gasteiger partial charge in [0.05, 0.1) is 67.7 Å². The molecule has 5 N–H and O–H groups in total. The minimum Gasteiger partial charge on any atom is -0.363 e. The van der Waals surface area contributed by atoms with Crippen molar-refractivity contribution < 1.29 is 5.11 Å². The second kappa shape index (κ2) is 32.8. The van der Waals surface area contributed by atoms with Crippen molar-refractivity contribution in [2.75, 3.05) is 0 Å². The summed E-state index contributed by atoms with van der Waals surface area (Å²) in [6.45, 7) is 54.7. The lowest BCUT2D eigenvalue weighted by molar-refractivity contribution is 0.165. The van der Waals surface area contributed by atoms with Gasteiger partial charge in [-0.05, 0) is 248 Å². The average molecular weight is 1700 g/mol. The van der Waals surface area contributed by atoms with Gasteiger partial charge in [-0.25, -0.2) is 19.9 Å². The van der Waals surface area contributed by atoms with Crippen LogP contribution in [-0.2, 0) is 48.9 Å². The van der Waals surface area contributed by atoms with Crippen LogP contribution >= 0.6 is 0 Å². The molecule has 0 saturated carbocycles. The standard InChI is InChI=1S/C121H120N8O/c1-113(2,3)81-62-76(63-82(70-81)114(4,5)6)109-99-47-43-91(122-99)89(92-44-48-100(123-92)110(77-64-83(115(7,8)9)71-84(65-77)116(10,11)12)104-56-52-96(127-104)107(74-36-28-25-29-37-74)95-51-55-103(109)126-95)42-34-35-60-121(130,80-40-32-27-33-41-80)61-59-90-93-45-49-101(124-93)111(78-66-85(117(13,14)15)72-86(67-78)118(16,17)18)105-57-53-97(128-105)108(75-38-30-26-31-39-75)98-54-58-106(129-98)112(102-50-46-94(90)125-102)79-68-87(119(19,20)21)73-88(69-79)120(22,23)24/h25-33,36-41,43-58,62-73,122,124,127,129-130H,1-24H3. The number of aromatic amines is 4. The molecule has 9 heteroatoms. The Balaban J connectivity index is 0.944. The molecule has 0 aliphatic carbocycles. The maximum absolute atomic E-state index is 13.8. The fourth-order valence-corrected chi connectivity index (χ4v) is 17.5. The third kappa shape index (κ3) is 17.9. The summed E-state index contributed by atoms with van der Waals surface area (Å²) in [5.74, 6) is 20.6. The van der Waals surface area contributed by atoms with Gasteiger partial charge in [0.2, 0.25) is 5.60 Å². The SMILES string of the molecule is CC(C)(C)c1cc(-c2c3nc(c(-c4ccccc4)c4ccc([nH]4)c(-c4cc(C(C)(C)C)cc(C(C)(C)C)c4)c4nc(c(C#CC#CC(O)(C#Cc5c6nc(c(-c7cc(C(C)(C)C)cc(C(C)(C)C)c7)c7ccc([nH]7)c(-c7ccccc7)c7nc(c(-c8cc(C(C)(C)C)cc(C(C)(C)C)c8)c8ccc5[nH]8)C=C7)C=C6)c5ccccc5)c5ccc2[nH]5)C=C4)C=C3)cc(C(C)(C)C)c1. The molecule has 1 atom stereocenters. The zero-order valence-corrected chi connectivity index (χ0v) is 80.1. The van der Waals surface area contributed by atoms with E-state index in [1.165, 1.54) is 44.5 Å². The summed E-state index contributed by atoms with van der Waals surface area (Å²) < 4.78 is 0. The monoisotopic (exact) mass is 1700 g/mol. The highest BCUT2D eigenvalue weighted by Crippen LogP contribution is 2.47. The molecular weight excluding hydrogens is 1580 g/mol. The first-order chi connectivity index (χ1) is 61.3. The smallest absolute Gasteiger partial charge is 0.215 e. The highest BCUT2D eigenvalue weighted by molar-refractivity contribution is 6.02. The molecular formula is C121H120N8O. The van der Waals surface area contributed by atoms with Crippen LogP contribution in [0.1, 0.15) is 273 Å². The number of rotatable bonds is 7. The topological polar surface area (TPSA) is 135 Å². The predicted molar refractivity (Wildman–Crippen MR) is 552 cm³/mol. The van der Waals surface area contributed by atoms with Gasteiger partial charge in [0.1, 0.15) is 0 Å². The molecule has 10 heterocycles. The summed E-state index contributed by atoms with van der Waals surface area (Å²) in [6.07, 6.45) is 17.0. The van der Waals surface area contributed by atoms with Crippen molar-refractivity contribution in [2.24, 2.45) is 0 Å². The maximum Gasteiger partial charge on any atom is 0.215 e. The Morgan fingerprint density at radius 3 is 0.685 bits per heavy atom. The first-order valence-corrected chi connectivity index (χ1v) is 45.7. The predicted octanol–water partition coefficient (Wildman–Crippen LogP) is 30.3. The fraction of sp³-hybridized carbons (Fsp3) is 0.273. The minimum atomic E-state index is -2.11. The van der Waals surface area contributed by atoms with Gasteiger partial charge in [-0.1, -0.05) is 336 Å². The van der Waals surface area contributed by atoms with Crippen molar-refractivity contribution in [3.8, 4) is 102 Å². The molecule has 1 unspecified atom stereocenters. The molecule has 650 valence electrons. The Hall–Kier alpha value is -13.6. The van der Waals surface area contributed by atoms with Gasteiger partial charge in [-0.3, -0.25) is 0 Å². The van der Waals surface area contributed by atoms with Crippen molar-refractivity contribution in [2.45, 2.75) is 215 Å². The van der Waals surface area contributed by atoms with Crippen molar-refractivity contribution in [3.05, 3.63) is 319 Å². The van der Waals surface area contributed by atoms with E-state index in [0.717, 1.165) is 140 Å². The molecule has 0 spiro atoms. The minimum absolute atomic E-state index is 0.187. The number of hydrogen-bond donors (Lipinski definition) is 5. The van der Waals surface area contributed by atoms with E-state index in [1.807, 2.05) is 30.3 Å². The van der Waals surface area contributed by atoms with Crippen LogP contribution in [0.25, 0.3) is 160 Å². The third-order valence-corrected chi connectivity index (χ3v) is 25.5. The van der Waals surface area contributed by atoms with Crippen LogP contribution in [0.4, 0.5) is 0 Å². The summed E-state index contributed by atoms with van der Waals surface area (Å²) in [7, 11) is 0. The highest BCUT2D eigenvalue weighted by atomic mass is 16.3. The van der Waals surface area contributed by atoms with Gasteiger partial charge in [0.25, 0.3) is 0 Å². The number of fused-ring (bicyclic) bond motifs is 16. The number of nitrogens with zero attached hydrogens (tertiary/aromatic N) is 4. The second-order valence-corrected chi connectivity index (χ2v) is 43.8. The Morgan fingerprint density at radius 1 is 0.208 bits per heavy atom. The zero-order chi connectivity index (χ0) is 92.3. The lowest BCUT2D eigenvalue weighted by atomic mass is 9.78. The second-order valence-electron chi connectivity index (χ2n) is 43.8. The Kier molecular flexibility index (Phi) is 22.3. The molecule has 0 radical (unpaired) electrons. The Bertz CT molecular complexity index is 7200. The van der Waals surface area contributed by atoms with Crippen molar-refractivity contribution in [1.29, 1.82) is 0 Å². The summed E-state index contributed by atoms with van der Waals surface area (Å²) in [5.41, 5.74) is 32.1. The Morgan fingerprint density at radius 2 is 0.423 bits per heavy atom. The molecule has 9 nitrogen and oxygen atoms in total. The highest BCUT2D eigenvalue weighted by Gasteiger charge is 2.32. The first-order valence-electron chi connectivity index (χ1n) is 45.7. The number of aromatic nitrogens is 8. The molecule has 0 saturated heterocycles. The molecule has 16 bridgehead atoms. The molecule has 13 aromatic rings. The van der Waals surface area contributed by atoms with E-state index in [0.29, 0.717) is 33.6 Å².